The summed E-state index contributed by atoms with van der Waals surface area (Å²) in [6.07, 6.45) is 4.11. The minimum atomic E-state index is -3.89. The van der Waals surface area contributed by atoms with Gasteiger partial charge < -0.3 is 19.4 Å². The maximum Gasteiger partial charge on any atom is 0.264 e. The minimum absolute atomic E-state index is 0.0286. The second-order valence-electron chi connectivity index (χ2n) is 12.1. The van der Waals surface area contributed by atoms with E-state index in [1.165, 1.54) is 17.6 Å². The van der Waals surface area contributed by atoms with Crippen LogP contribution < -0.4 is 16.4 Å². The van der Waals surface area contributed by atoms with Crippen molar-refractivity contribution in [3.8, 4) is 11.1 Å². The summed E-state index contributed by atoms with van der Waals surface area (Å²) in [5.74, 6) is -1.20. The monoisotopic (exact) mass is 631 g/mol. The number of hydrogen-bond acceptors (Lipinski definition) is 8. The van der Waals surface area contributed by atoms with Gasteiger partial charge in [-0.2, -0.15) is 0 Å². The molecule has 240 valence electrons. The highest BCUT2D eigenvalue weighted by Crippen LogP contribution is 2.27. The molecule has 2 aromatic carbocycles. The van der Waals surface area contributed by atoms with E-state index in [4.69, 9.17) is 14.3 Å². The number of sulfone groups is 1. The summed E-state index contributed by atoms with van der Waals surface area (Å²) >= 11 is 0. The summed E-state index contributed by atoms with van der Waals surface area (Å²) in [6, 6.07) is 11.8. The number of hydroxylamine groups is 1. The smallest absolute Gasteiger partial charge is 0.264 e. The second-order valence-corrected chi connectivity index (χ2v) is 14.5. The number of methoxy groups -OCH3 is 1. The molecule has 0 spiro atoms. The number of amides is 1. The largest absolute Gasteiger partial charge is 0.377 e. The molecule has 1 aliphatic rings. The molecule has 1 aromatic heterocycles. The third-order valence-corrected chi connectivity index (χ3v) is 10.3. The lowest BCUT2D eigenvalue weighted by molar-refractivity contribution is -0.201. The van der Waals surface area contributed by atoms with Gasteiger partial charge in [0.2, 0.25) is 0 Å². The predicted molar refractivity (Wildman–Crippen MR) is 167 cm³/mol. The number of nitrogens with zero attached hydrogens (tertiary/aromatic N) is 1. The number of aryl methyl sites for hydroxylation is 1. The number of ether oxygens (including phenoxy) is 2. The van der Waals surface area contributed by atoms with Crippen LogP contribution in [-0.2, 0) is 42.0 Å². The van der Waals surface area contributed by atoms with Gasteiger partial charge in [-0.15, -0.1) is 0 Å². The van der Waals surface area contributed by atoms with Gasteiger partial charge in [-0.1, -0.05) is 18.2 Å². The summed E-state index contributed by atoms with van der Waals surface area (Å²) in [5.41, 5.74) is 3.41. The fraction of sp³-hybridized carbons (Fsp3) is 0.500. The quantitative estimate of drug-likeness (QED) is 0.271. The molecule has 0 bridgehead atoms. The molecule has 1 fully saturated rings. The number of carbonyl (C=O) groups excluding carboxylic acids is 1. The van der Waals surface area contributed by atoms with Crippen molar-refractivity contribution >= 4 is 26.5 Å². The highest BCUT2D eigenvalue weighted by molar-refractivity contribution is 7.92. The van der Waals surface area contributed by atoms with Crippen LogP contribution in [0.15, 0.2) is 53.5 Å². The van der Waals surface area contributed by atoms with E-state index in [2.05, 4.69) is 10.8 Å². The first-order valence-electron chi connectivity index (χ1n) is 14.7. The standard InChI is InChI=1S/C32H42FN3O7S/c1-31(2,41-4)21-34-20-22-9-11-25(27(33)18-22)23-10-12-26-24(19-23)13-15-36(29(26)37)16-14-32(3,44(5,39)40)30(38)35-43-28-8-6-7-17-42-28/h9-13,15,18-19,28,34H,6-8,14,16-17,20-21H2,1-5H3,(H,35,38)/t28?,32-/m1/s1. The van der Waals surface area contributed by atoms with Crippen molar-refractivity contribution in [3.63, 3.8) is 0 Å². The molecule has 3 aromatic rings. The van der Waals surface area contributed by atoms with E-state index >= 15 is 4.39 Å². The molecular formula is C32H42FN3O7S. The SMILES string of the molecule is COC(C)(C)CNCc1ccc(-c2ccc3c(=O)n(CC[C@](C)(C(=O)NOC4CCCCO4)S(C)(=O)=O)ccc3c2)c(F)c1. The van der Waals surface area contributed by atoms with Crippen LogP contribution in [0.25, 0.3) is 21.9 Å². The van der Waals surface area contributed by atoms with Gasteiger partial charge in [0.15, 0.2) is 20.9 Å². The summed E-state index contributed by atoms with van der Waals surface area (Å²) in [4.78, 5) is 31.7. The third kappa shape index (κ3) is 7.91. The van der Waals surface area contributed by atoms with Crippen LogP contribution in [0, 0.1) is 5.82 Å². The first-order valence-corrected chi connectivity index (χ1v) is 16.6. The number of nitrogens with one attached hydrogen (secondary N) is 2. The Balaban J connectivity index is 1.47. The summed E-state index contributed by atoms with van der Waals surface area (Å²) in [7, 11) is -2.24. The Hall–Kier alpha value is -3.16. The molecule has 1 aliphatic heterocycles. The van der Waals surface area contributed by atoms with Gasteiger partial charge in [0.25, 0.3) is 11.5 Å². The molecule has 12 heteroatoms. The van der Waals surface area contributed by atoms with Crippen molar-refractivity contribution in [2.45, 2.75) is 76.2 Å². The fourth-order valence-corrected chi connectivity index (χ4v) is 5.79. The van der Waals surface area contributed by atoms with Gasteiger partial charge in [-0.25, -0.2) is 23.1 Å². The Morgan fingerprint density at radius 1 is 1.14 bits per heavy atom. The van der Waals surface area contributed by atoms with Crippen molar-refractivity contribution in [2.75, 3.05) is 26.5 Å². The molecular weight excluding hydrogens is 589 g/mol. The normalized spacial score (nSPS) is 17.4. The molecule has 1 amide bonds. The highest BCUT2D eigenvalue weighted by Gasteiger charge is 2.44. The van der Waals surface area contributed by atoms with Crippen molar-refractivity contribution < 1.29 is 31.9 Å². The van der Waals surface area contributed by atoms with E-state index < -0.39 is 26.8 Å². The van der Waals surface area contributed by atoms with Crippen LogP contribution >= 0.6 is 0 Å². The zero-order valence-electron chi connectivity index (χ0n) is 25.9. The number of aromatic nitrogens is 1. The predicted octanol–water partition coefficient (Wildman–Crippen LogP) is 4.09. The average molecular weight is 632 g/mol. The Kier molecular flexibility index (Phi) is 10.6. The van der Waals surface area contributed by atoms with E-state index in [-0.39, 0.29) is 29.9 Å². The molecule has 2 atom stereocenters. The molecule has 44 heavy (non-hydrogen) atoms. The number of hydrogen-bond donors (Lipinski definition) is 2. The topological polar surface area (TPSA) is 125 Å². The fourth-order valence-electron chi connectivity index (χ4n) is 4.95. The van der Waals surface area contributed by atoms with Crippen molar-refractivity contribution in [2.24, 2.45) is 0 Å². The van der Waals surface area contributed by atoms with Crippen LogP contribution in [-0.4, -0.2) is 62.0 Å². The summed E-state index contributed by atoms with van der Waals surface area (Å²) < 4.78 is 50.9. The van der Waals surface area contributed by atoms with Gasteiger partial charge in [0, 0.05) is 63.2 Å². The molecule has 2 N–H and O–H groups in total. The Morgan fingerprint density at radius 3 is 2.57 bits per heavy atom. The summed E-state index contributed by atoms with van der Waals surface area (Å²) in [6.45, 7) is 6.83. The van der Waals surface area contributed by atoms with Crippen LogP contribution in [0.3, 0.4) is 0 Å². The first-order chi connectivity index (χ1) is 20.7. The lowest BCUT2D eigenvalue weighted by Crippen LogP contribution is -2.51. The molecule has 10 nitrogen and oxygen atoms in total. The number of fused-ring (bicyclic) bond motifs is 1. The molecule has 0 aliphatic carbocycles. The van der Waals surface area contributed by atoms with E-state index in [9.17, 15) is 18.0 Å². The van der Waals surface area contributed by atoms with Crippen molar-refractivity contribution in [3.05, 3.63) is 70.4 Å². The first kappa shape index (κ1) is 33.7. The van der Waals surface area contributed by atoms with Gasteiger partial charge in [0.1, 0.15) is 5.82 Å². The number of rotatable bonds is 13. The number of carbonyl (C=O) groups is 1. The number of pyridine rings is 1. The van der Waals surface area contributed by atoms with Gasteiger partial charge in [-0.05, 0) is 80.8 Å². The highest BCUT2D eigenvalue weighted by atomic mass is 32.2. The molecule has 0 saturated carbocycles. The van der Waals surface area contributed by atoms with Crippen molar-refractivity contribution in [1.29, 1.82) is 0 Å². The van der Waals surface area contributed by atoms with E-state index in [0.717, 1.165) is 24.7 Å². The zero-order chi connectivity index (χ0) is 32.1. The average Bonchev–Trinajstić information content (AvgIpc) is 2.99. The Morgan fingerprint density at radius 2 is 1.91 bits per heavy atom. The van der Waals surface area contributed by atoms with Crippen LogP contribution in [0.2, 0.25) is 0 Å². The Bertz CT molecular complexity index is 1650. The molecule has 2 heterocycles. The van der Waals surface area contributed by atoms with Crippen LogP contribution in [0.1, 0.15) is 52.0 Å². The van der Waals surface area contributed by atoms with Gasteiger partial charge >= 0.3 is 0 Å². The van der Waals surface area contributed by atoms with E-state index in [1.807, 2.05) is 19.9 Å². The second kappa shape index (κ2) is 13.9. The van der Waals surface area contributed by atoms with E-state index in [0.29, 0.717) is 48.0 Å². The van der Waals surface area contributed by atoms with Crippen molar-refractivity contribution in [1.82, 2.24) is 15.4 Å². The zero-order valence-corrected chi connectivity index (χ0v) is 26.8. The summed E-state index contributed by atoms with van der Waals surface area (Å²) in [5, 5.41) is 4.27. The van der Waals surface area contributed by atoms with Gasteiger partial charge in [-0.3, -0.25) is 9.59 Å². The maximum atomic E-state index is 15.1. The lowest BCUT2D eigenvalue weighted by atomic mass is 10.00. The lowest BCUT2D eigenvalue weighted by Gasteiger charge is -2.28. The van der Waals surface area contributed by atoms with Crippen LogP contribution in [0.4, 0.5) is 4.39 Å². The molecule has 4 rings (SSSR count). The van der Waals surface area contributed by atoms with E-state index in [1.54, 1.807) is 43.6 Å². The maximum absolute atomic E-state index is 15.1. The molecule has 1 saturated heterocycles. The van der Waals surface area contributed by atoms with Crippen LogP contribution in [0.5, 0.6) is 0 Å². The minimum Gasteiger partial charge on any atom is -0.377 e. The molecule has 0 radical (unpaired) electrons. The number of halogens is 1. The Labute approximate surface area is 257 Å². The molecule has 1 unspecified atom stereocenters. The third-order valence-electron chi connectivity index (χ3n) is 8.30. The van der Waals surface area contributed by atoms with Gasteiger partial charge in [0.05, 0.1) is 5.60 Å². The number of benzene rings is 2.